The molecule has 210 valence electrons. The van der Waals surface area contributed by atoms with Gasteiger partial charge in [-0.2, -0.15) is 52.6 Å². The molecule has 0 fully saturated rings. The van der Waals surface area contributed by atoms with Crippen LogP contribution in [0.3, 0.4) is 0 Å². The molecule has 0 spiro atoms. The summed E-state index contributed by atoms with van der Waals surface area (Å²) in [6.45, 7) is 13.2. The van der Waals surface area contributed by atoms with Crippen molar-refractivity contribution in [2.75, 3.05) is 0 Å². The molecule has 41 heavy (non-hydrogen) atoms. The van der Waals surface area contributed by atoms with Gasteiger partial charge in [-0.25, -0.2) is 6.07 Å². The van der Waals surface area contributed by atoms with Gasteiger partial charge in [-0.3, -0.25) is 0 Å². The van der Waals surface area contributed by atoms with Gasteiger partial charge in [0.15, 0.2) is 0 Å². The fourth-order valence-corrected chi connectivity index (χ4v) is 5.92. The number of benzene rings is 4. The Hall–Kier alpha value is -2.44. The Labute approximate surface area is 274 Å². The minimum absolute atomic E-state index is 0. The molecular weight excluding hydrogens is 619 g/mol. The SMILES string of the molecule is Cc1cc(C(C)(C)C)c(C)[cH-]1.Cc1ccc([C](=[Zr+2])c2ccccc2)cc1.[Cl-].[Cl-].[c-]1cccc2c1Cc1ccccc1-2. The Morgan fingerprint density at radius 2 is 1.32 bits per heavy atom. The third kappa shape index (κ3) is 9.28. The summed E-state index contributed by atoms with van der Waals surface area (Å²) in [4.78, 5) is 0. The molecule has 0 atom stereocenters. The molecule has 5 aromatic carbocycles. The van der Waals surface area contributed by atoms with Crippen molar-refractivity contribution in [3.63, 3.8) is 0 Å². The van der Waals surface area contributed by atoms with E-state index in [0.717, 1.165) is 6.42 Å². The predicted octanol–water partition coefficient (Wildman–Crippen LogP) is 3.50. The predicted molar refractivity (Wildman–Crippen MR) is 165 cm³/mol. The van der Waals surface area contributed by atoms with E-state index in [1.807, 2.05) is 6.07 Å². The van der Waals surface area contributed by atoms with Crippen LogP contribution in [0.15, 0.2) is 109 Å². The van der Waals surface area contributed by atoms with Gasteiger partial charge in [0, 0.05) is 0 Å². The monoisotopic (exact) mass is 654 g/mol. The maximum absolute atomic E-state index is 3.30. The van der Waals surface area contributed by atoms with Crippen LogP contribution in [0.1, 0.15) is 65.3 Å². The molecule has 0 aromatic heterocycles. The van der Waals surface area contributed by atoms with Crippen LogP contribution in [-0.4, -0.2) is 3.21 Å². The maximum Gasteiger partial charge on any atom is -0.0253 e. The van der Waals surface area contributed by atoms with Crippen molar-refractivity contribution >= 4 is 3.21 Å². The van der Waals surface area contributed by atoms with Gasteiger partial charge in [0.1, 0.15) is 0 Å². The summed E-state index contributed by atoms with van der Waals surface area (Å²) in [6.07, 6.45) is 1.05. The van der Waals surface area contributed by atoms with Crippen LogP contribution in [0.2, 0.25) is 0 Å². The molecular formula is C38H38Cl2Zr-2. The average molecular weight is 657 g/mol. The summed E-state index contributed by atoms with van der Waals surface area (Å²) in [5.74, 6) is 0. The minimum Gasteiger partial charge on any atom is -1.00 e. The van der Waals surface area contributed by atoms with E-state index in [1.54, 1.807) is 0 Å². The third-order valence-corrected chi connectivity index (χ3v) is 8.49. The van der Waals surface area contributed by atoms with Gasteiger partial charge in [-0.1, -0.05) is 75.4 Å². The second-order valence-corrected chi connectivity index (χ2v) is 12.6. The normalized spacial score (nSPS) is 10.8. The van der Waals surface area contributed by atoms with Gasteiger partial charge >= 0.3 is 106 Å². The maximum atomic E-state index is 3.30. The van der Waals surface area contributed by atoms with Crippen LogP contribution in [0.5, 0.6) is 0 Å². The van der Waals surface area contributed by atoms with E-state index >= 15 is 0 Å². The van der Waals surface area contributed by atoms with E-state index in [2.05, 4.69) is 151 Å². The van der Waals surface area contributed by atoms with Gasteiger partial charge in [0.05, 0.1) is 0 Å². The molecule has 0 unspecified atom stereocenters. The zero-order valence-electron chi connectivity index (χ0n) is 24.9. The molecule has 6 rings (SSSR count). The quantitative estimate of drug-likeness (QED) is 0.251. The second-order valence-electron chi connectivity index (χ2n) is 11.4. The summed E-state index contributed by atoms with van der Waals surface area (Å²) in [5, 5.41) is 0. The number of hydrogen-bond acceptors (Lipinski definition) is 0. The first-order valence-corrected chi connectivity index (χ1v) is 14.9. The molecule has 3 heteroatoms. The fourth-order valence-electron chi connectivity index (χ4n) is 5.10. The van der Waals surface area contributed by atoms with Crippen molar-refractivity contribution in [3.8, 4) is 11.1 Å². The van der Waals surface area contributed by atoms with E-state index in [0.29, 0.717) is 5.41 Å². The minimum atomic E-state index is 0. The molecule has 1 aliphatic rings. The number of hydrogen-bond donors (Lipinski definition) is 0. The smallest absolute Gasteiger partial charge is 0.0253 e. The molecule has 0 saturated heterocycles. The molecule has 0 amide bonds. The molecule has 1 aliphatic carbocycles. The summed E-state index contributed by atoms with van der Waals surface area (Å²) in [7, 11) is 0. The Balaban J connectivity index is 0.000000212. The second kappa shape index (κ2) is 15.7. The Bertz CT molecular complexity index is 1490. The van der Waals surface area contributed by atoms with Crippen molar-refractivity contribution < 1.29 is 49.0 Å². The average Bonchev–Trinajstić information content (AvgIpc) is 3.49. The van der Waals surface area contributed by atoms with Crippen LogP contribution in [-0.2, 0) is 36.1 Å². The molecule has 0 heterocycles. The first-order chi connectivity index (χ1) is 18.6. The Morgan fingerprint density at radius 1 is 0.732 bits per heavy atom. The largest absolute Gasteiger partial charge is 1.00 e. The van der Waals surface area contributed by atoms with Gasteiger partial charge < -0.3 is 24.8 Å². The first kappa shape index (κ1) is 34.8. The molecule has 0 aliphatic heterocycles. The van der Waals surface area contributed by atoms with Gasteiger partial charge in [-0.15, -0.1) is 5.56 Å². The van der Waals surface area contributed by atoms with Gasteiger partial charge in [0.25, 0.3) is 0 Å². The molecule has 0 saturated carbocycles. The van der Waals surface area contributed by atoms with Crippen LogP contribution in [0.4, 0.5) is 0 Å². The molecule has 0 radical (unpaired) electrons. The molecule has 5 aromatic rings. The van der Waals surface area contributed by atoms with E-state index in [9.17, 15) is 0 Å². The zero-order valence-corrected chi connectivity index (χ0v) is 28.8. The number of rotatable bonds is 2. The Kier molecular flexibility index (Phi) is 13.3. The molecule has 0 bridgehead atoms. The molecule has 0 N–H and O–H groups in total. The van der Waals surface area contributed by atoms with Crippen LogP contribution in [0, 0.1) is 26.8 Å². The summed E-state index contributed by atoms with van der Waals surface area (Å²) >= 11 is 1.46. The van der Waals surface area contributed by atoms with Gasteiger partial charge in [-0.05, 0) is 6.42 Å². The summed E-state index contributed by atoms with van der Waals surface area (Å²) in [6, 6.07) is 42.0. The van der Waals surface area contributed by atoms with Crippen molar-refractivity contribution in [2.24, 2.45) is 0 Å². The van der Waals surface area contributed by atoms with Crippen LogP contribution >= 0.6 is 0 Å². The van der Waals surface area contributed by atoms with Crippen molar-refractivity contribution in [3.05, 3.63) is 160 Å². The van der Waals surface area contributed by atoms with E-state index in [-0.39, 0.29) is 24.8 Å². The van der Waals surface area contributed by atoms with Crippen LogP contribution in [0.25, 0.3) is 11.1 Å². The Morgan fingerprint density at radius 3 is 1.90 bits per heavy atom. The summed E-state index contributed by atoms with van der Waals surface area (Å²) in [5.41, 5.74) is 14.1. The van der Waals surface area contributed by atoms with Crippen molar-refractivity contribution in [2.45, 2.75) is 53.4 Å². The van der Waals surface area contributed by atoms with Crippen LogP contribution < -0.4 is 24.8 Å². The zero-order chi connectivity index (χ0) is 28.0. The first-order valence-electron chi connectivity index (χ1n) is 13.7. The number of halogens is 2. The summed E-state index contributed by atoms with van der Waals surface area (Å²) < 4.78 is 1.42. The number of fused-ring (bicyclic) bond motifs is 3. The topological polar surface area (TPSA) is 0 Å². The number of aryl methyl sites for hydroxylation is 3. The molecule has 0 nitrogen and oxygen atoms in total. The van der Waals surface area contributed by atoms with Crippen molar-refractivity contribution in [1.29, 1.82) is 0 Å². The van der Waals surface area contributed by atoms with E-state index in [1.165, 1.54) is 83.1 Å². The standard InChI is InChI=1S/C14H12.C13H9.C11H17.2ClH.Zr/c1-12-7-9-14(10-8-12)11-13-5-3-2-4-6-13;1-3-7-12-10(5-1)9-11-6-2-4-8-13(11)12;1-8-6-9(2)10(7-8)11(3,4)5;;;/h2-10H,1H3;1-5,7-8H,9H2;6-7H,1-5H3;2*1H;/q;2*-1;;;+2/p-2. The van der Waals surface area contributed by atoms with E-state index in [4.69, 9.17) is 0 Å². The van der Waals surface area contributed by atoms with E-state index < -0.39 is 0 Å². The van der Waals surface area contributed by atoms with Gasteiger partial charge in [0.2, 0.25) is 0 Å². The third-order valence-electron chi connectivity index (χ3n) is 7.07. The fraction of sp³-hybridized carbons (Fsp3) is 0.211. The van der Waals surface area contributed by atoms with Crippen molar-refractivity contribution in [1.82, 2.24) is 0 Å².